The summed E-state index contributed by atoms with van der Waals surface area (Å²) in [5.41, 5.74) is 1.96. The van der Waals surface area contributed by atoms with Crippen LogP contribution in [0.1, 0.15) is 64.9 Å². The van der Waals surface area contributed by atoms with Crippen molar-refractivity contribution in [3.63, 3.8) is 0 Å². The van der Waals surface area contributed by atoms with E-state index in [1.54, 1.807) is 0 Å². The highest BCUT2D eigenvalue weighted by Crippen LogP contribution is 2.55. The molecule has 0 radical (unpaired) electrons. The summed E-state index contributed by atoms with van der Waals surface area (Å²) in [4.78, 5) is 11.9. The number of benzene rings is 1. The Hall–Kier alpha value is -1.55. The van der Waals surface area contributed by atoms with E-state index < -0.39 is 11.7 Å². The molecule has 4 saturated carbocycles. The Bertz CT molecular complexity index is 624. The molecule has 4 aliphatic carbocycles. The standard InChI is InChI=1S/C22H32N2O2/c1-21(2,3)26-20(25)24-19-6-4-15(5-7-19)14-23-22-11-16-8-17(12-22)10-18(9-16)13-22/h4-7,16-18,23H,8-14H2,1-3H3,(H,24,25). The van der Waals surface area contributed by atoms with Crippen LogP contribution in [0, 0.1) is 17.8 Å². The minimum Gasteiger partial charge on any atom is -0.444 e. The molecule has 1 amide bonds. The molecule has 4 bridgehead atoms. The van der Waals surface area contributed by atoms with E-state index in [0.717, 1.165) is 30.0 Å². The van der Waals surface area contributed by atoms with E-state index in [9.17, 15) is 4.79 Å². The molecule has 4 fully saturated rings. The summed E-state index contributed by atoms with van der Waals surface area (Å²) in [7, 11) is 0. The molecular weight excluding hydrogens is 324 g/mol. The lowest BCUT2D eigenvalue weighted by Crippen LogP contribution is -2.58. The van der Waals surface area contributed by atoms with Crippen LogP contribution < -0.4 is 10.6 Å². The molecular formula is C22H32N2O2. The SMILES string of the molecule is CC(C)(C)OC(=O)Nc1ccc(CNC23CC4CC(CC(C4)C2)C3)cc1. The highest BCUT2D eigenvalue weighted by molar-refractivity contribution is 5.84. The zero-order valence-electron chi connectivity index (χ0n) is 16.3. The predicted octanol–water partition coefficient (Wildman–Crippen LogP) is 5.09. The smallest absolute Gasteiger partial charge is 0.412 e. The van der Waals surface area contributed by atoms with Crippen molar-refractivity contribution in [3.05, 3.63) is 29.8 Å². The maximum atomic E-state index is 11.9. The molecule has 26 heavy (non-hydrogen) atoms. The van der Waals surface area contributed by atoms with Crippen LogP contribution in [0.3, 0.4) is 0 Å². The van der Waals surface area contributed by atoms with Gasteiger partial charge in [0.15, 0.2) is 0 Å². The average Bonchev–Trinajstić information content (AvgIpc) is 2.51. The van der Waals surface area contributed by atoms with Gasteiger partial charge in [0.1, 0.15) is 5.60 Å². The Balaban J connectivity index is 1.31. The third-order valence-electron chi connectivity index (χ3n) is 6.30. The molecule has 0 spiro atoms. The Kier molecular flexibility index (Phi) is 4.50. The van der Waals surface area contributed by atoms with Gasteiger partial charge in [0.05, 0.1) is 0 Å². The number of ether oxygens (including phenoxy) is 1. The molecule has 142 valence electrons. The van der Waals surface area contributed by atoms with E-state index in [0.29, 0.717) is 5.54 Å². The van der Waals surface area contributed by atoms with Gasteiger partial charge < -0.3 is 10.1 Å². The van der Waals surface area contributed by atoms with Crippen molar-refractivity contribution in [1.29, 1.82) is 0 Å². The fourth-order valence-electron chi connectivity index (χ4n) is 5.74. The van der Waals surface area contributed by atoms with Crippen LogP contribution in [0.25, 0.3) is 0 Å². The van der Waals surface area contributed by atoms with Gasteiger partial charge in [-0.15, -0.1) is 0 Å². The van der Waals surface area contributed by atoms with Crippen molar-refractivity contribution in [2.24, 2.45) is 17.8 Å². The summed E-state index contributed by atoms with van der Waals surface area (Å²) in [6.45, 7) is 6.52. The number of carbonyl (C=O) groups is 1. The Labute approximate surface area is 157 Å². The van der Waals surface area contributed by atoms with Crippen LogP contribution in [0.2, 0.25) is 0 Å². The van der Waals surface area contributed by atoms with Crippen molar-refractivity contribution in [2.75, 3.05) is 5.32 Å². The first-order valence-electron chi connectivity index (χ1n) is 10.1. The number of hydrogen-bond acceptors (Lipinski definition) is 3. The first-order chi connectivity index (χ1) is 12.3. The summed E-state index contributed by atoms with van der Waals surface area (Å²) < 4.78 is 5.29. The molecule has 1 aromatic rings. The van der Waals surface area contributed by atoms with E-state index in [4.69, 9.17) is 4.74 Å². The van der Waals surface area contributed by atoms with Crippen LogP contribution in [0.5, 0.6) is 0 Å². The first-order valence-corrected chi connectivity index (χ1v) is 10.1. The van der Waals surface area contributed by atoms with Crippen LogP contribution in [0.15, 0.2) is 24.3 Å². The molecule has 4 heteroatoms. The number of nitrogens with one attached hydrogen (secondary N) is 2. The topological polar surface area (TPSA) is 50.4 Å². The third-order valence-corrected chi connectivity index (χ3v) is 6.30. The highest BCUT2D eigenvalue weighted by atomic mass is 16.6. The predicted molar refractivity (Wildman–Crippen MR) is 104 cm³/mol. The van der Waals surface area contributed by atoms with E-state index in [-0.39, 0.29) is 0 Å². The molecule has 0 aliphatic heterocycles. The van der Waals surface area contributed by atoms with E-state index in [1.165, 1.54) is 44.1 Å². The van der Waals surface area contributed by atoms with Crippen LogP contribution in [-0.2, 0) is 11.3 Å². The number of rotatable bonds is 4. The Morgan fingerprint density at radius 3 is 2.08 bits per heavy atom. The molecule has 0 aromatic heterocycles. The molecule has 5 rings (SSSR count). The summed E-state index contributed by atoms with van der Waals surface area (Å²) in [6.07, 6.45) is 8.15. The molecule has 2 N–H and O–H groups in total. The lowest BCUT2D eigenvalue weighted by atomic mass is 9.53. The number of carbonyl (C=O) groups excluding carboxylic acids is 1. The second-order valence-corrected chi connectivity index (χ2v) is 9.88. The fraction of sp³-hybridized carbons (Fsp3) is 0.682. The average molecular weight is 357 g/mol. The third kappa shape index (κ3) is 4.06. The molecule has 0 unspecified atom stereocenters. The Morgan fingerprint density at radius 2 is 1.58 bits per heavy atom. The largest absolute Gasteiger partial charge is 0.444 e. The molecule has 1 aromatic carbocycles. The minimum absolute atomic E-state index is 0.391. The van der Waals surface area contributed by atoms with Crippen molar-refractivity contribution < 1.29 is 9.53 Å². The summed E-state index contributed by atoms with van der Waals surface area (Å²) >= 11 is 0. The number of hydrogen-bond donors (Lipinski definition) is 2. The normalized spacial score (nSPS) is 32.5. The lowest BCUT2D eigenvalue weighted by molar-refractivity contribution is -0.0206. The zero-order valence-corrected chi connectivity index (χ0v) is 16.3. The quantitative estimate of drug-likeness (QED) is 0.790. The van der Waals surface area contributed by atoms with Gasteiger partial charge in [0.25, 0.3) is 0 Å². The minimum atomic E-state index is -0.480. The maximum Gasteiger partial charge on any atom is 0.412 e. The van der Waals surface area contributed by atoms with Crippen molar-refractivity contribution in [2.45, 2.75) is 77.0 Å². The summed E-state index contributed by atoms with van der Waals surface area (Å²) in [5.74, 6) is 2.90. The van der Waals surface area contributed by atoms with Crippen molar-refractivity contribution >= 4 is 11.8 Å². The first kappa shape index (κ1) is 17.8. The van der Waals surface area contributed by atoms with Gasteiger partial charge in [-0.3, -0.25) is 5.32 Å². The molecule has 0 atom stereocenters. The maximum absolute atomic E-state index is 11.9. The zero-order chi connectivity index (χ0) is 18.4. The molecule has 4 aliphatic rings. The van der Waals surface area contributed by atoms with Gasteiger partial charge in [-0.25, -0.2) is 4.79 Å². The molecule has 0 saturated heterocycles. The second kappa shape index (κ2) is 6.56. The van der Waals surface area contributed by atoms with Gasteiger partial charge >= 0.3 is 6.09 Å². The highest BCUT2D eigenvalue weighted by Gasteiger charge is 2.50. The fourth-order valence-corrected chi connectivity index (χ4v) is 5.74. The molecule has 0 heterocycles. The monoisotopic (exact) mass is 356 g/mol. The van der Waals surface area contributed by atoms with E-state index in [2.05, 4.69) is 22.8 Å². The second-order valence-electron chi connectivity index (χ2n) is 9.88. The van der Waals surface area contributed by atoms with Crippen LogP contribution in [-0.4, -0.2) is 17.2 Å². The number of anilines is 1. The van der Waals surface area contributed by atoms with Gasteiger partial charge in [0, 0.05) is 17.8 Å². The van der Waals surface area contributed by atoms with Gasteiger partial charge in [-0.2, -0.15) is 0 Å². The van der Waals surface area contributed by atoms with Crippen LogP contribution >= 0.6 is 0 Å². The van der Waals surface area contributed by atoms with E-state index >= 15 is 0 Å². The molecule has 4 nitrogen and oxygen atoms in total. The summed E-state index contributed by atoms with van der Waals surface area (Å²) in [5, 5.41) is 6.72. The summed E-state index contributed by atoms with van der Waals surface area (Å²) in [6, 6.07) is 8.11. The van der Waals surface area contributed by atoms with Crippen LogP contribution in [0.4, 0.5) is 10.5 Å². The Morgan fingerprint density at radius 1 is 1.04 bits per heavy atom. The van der Waals surface area contributed by atoms with Gasteiger partial charge in [-0.05, 0) is 94.7 Å². The van der Waals surface area contributed by atoms with Gasteiger partial charge in [-0.1, -0.05) is 12.1 Å². The number of amides is 1. The van der Waals surface area contributed by atoms with E-state index in [1.807, 2.05) is 32.9 Å². The van der Waals surface area contributed by atoms with Crippen molar-refractivity contribution in [1.82, 2.24) is 5.32 Å². The van der Waals surface area contributed by atoms with Crippen molar-refractivity contribution in [3.8, 4) is 0 Å². The lowest BCUT2D eigenvalue weighted by Gasteiger charge is -2.57. The van der Waals surface area contributed by atoms with Gasteiger partial charge in [0.2, 0.25) is 0 Å².